The van der Waals surface area contributed by atoms with Crippen LogP contribution in [-0.2, 0) is 0 Å². The first-order valence-electron chi connectivity index (χ1n) is 6.16. The van der Waals surface area contributed by atoms with Crippen molar-refractivity contribution in [2.24, 2.45) is 5.73 Å². The summed E-state index contributed by atoms with van der Waals surface area (Å²) >= 11 is 0. The van der Waals surface area contributed by atoms with Crippen LogP contribution in [0.1, 0.15) is 26.3 Å². The van der Waals surface area contributed by atoms with Crippen LogP contribution in [0.3, 0.4) is 0 Å². The van der Waals surface area contributed by atoms with E-state index in [2.05, 4.69) is 5.32 Å². The number of amides is 2. The first kappa shape index (κ1) is 14.5. The molecule has 0 radical (unpaired) electrons. The summed E-state index contributed by atoms with van der Waals surface area (Å²) in [6.45, 7) is 1.52. The second-order valence-corrected chi connectivity index (χ2v) is 4.54. The number of nitrogens with two attached hydrogens (primary N) is 2. The van der Waals surface area contributed by atoms with E-state index in [9.17, 15) is 14.0 Å². The van der Waals surface area contributed by atoms with Gasteiger partial charge in [-0.15, -0.1) is 0 Å². The third-order valence-electron chi connectivity index (χ3n) is 3.09. The number of carbonyl (C=O) groups is 2. The van der Waals surface area contributed by atoms with Crippen LogP contribution in [0.2, 0.25) is 0 Å². The summed E-state index contributed by atoms with van der Waals surface area (Å²) in [5.41, 5.74) is 11.8. The maximum Gasteiger partial charge on any atom is 0.255 e. The van der Waals surface area contributed by atoms with Crippen LogP contribution in [-0.4, -0.2) is 11.8 Å². The van der Waals surface area contributed by atoms with E-state index in [-0.39, 0.29) is 28.1 Å². The molecule has 6 heteroatoms. The molecule has 0 bridgehead atoms. The number of nitrogens with one attached hydrogen (secondary N) is 1. The Morgan fingerprint density at radius 1 is 1.19 bits per heavy atom. The molecule has 0 saturated heterocycles. The topological polar surface area (TPSA) is 98.2 Å². The van der Waals surface area contributed by atoms with Crippen molar-refractivity contribution in [1.82, 2.24) is 0 Å². The highest BCUT2D eigenvalue weighted by Crippen LogP contribution is 2.20. The first-order valence-corrected chi connectivity index (χ1v) is 6.16. The predicted molar refractivity (Wildman–Crippen MR) is 78.5 cm³/mol. The van der Waals surface area contributed by atoms with Crippen molar-refractivity contribution in [3.05, 3.63) is 58.9 Å². The number of halogens is 1. The van der Waals surface area contributed by atoms with E-state index in [1.807, 2.05) is 0 Å². The molecular weight excluding hydrogens is 273 g/mol. The van der Waals surface area contributed by atoms with E-state index >= 15 is 0 Å². The third kappa shape index (κ3) is 3.00. The summed E-state index contributed by atoms with van der Waals surface area (Å²) in [6.07, 6.45) is 0. The van der Waals surface area contributed by atoms with E-state index in [1.54, 1.807) is 12.1 Å². The van der Waals surface area contributed by atoms with Crippen molar-refractivity contribution in [3.8, 4) is 0 Å². The zero-order valence-corrected chi connectivity index (χ0v) is 11.3. The molecule has 0 aromatic heterocycles. The first-order chi connectivity index (χ1) is 9.90. The van der Waals surface area contributed by atoms with Crippen LogP contribution < -0.4 is 16.8 Å². The zero-order valence-electron chi connectivity index (χ0n) is 11.3. The molecule has 0 spiro atoms. The second kappa shape index (κ2) is 5.62. The number of rotatable bonds is 3. The molecule has 108 valence electrons. The standard InChI is InChI=1S/C15H14FN3O2/c1-8-11(16)6-9(7-12(8)17)15(21)19-13-5-3-2-4-10(13)14(18)20/h2-7H,17H2,1H3,(H2,18,20)(H,19,21). The van der Waals surface area contributed by atoms with E-state index < -0.39 is 17.6 Å². The molecule has 0 fully saturated rings. The molecule has 2 aromatic rings. The van der Waals surface area contributed by atoms with Crippen molar-refractivity contribution >= 4 is 23.2 Å². The Morgan fingerprint density at radius 3 is 2.48 bits per heavy atom. The van der Waals surface area contributed by atoms with Gasteiger partial charge in [0.2, 0.25) is 0 Å². The van der Waals surface area contributed by atoms with Gasteiger partial charge in [0, 0.05) is 16.8 Å². The van der Waals surface area contributed by atoms with Gasteiger partial charge in [0.25, 0.3) is 11.8 Å². The highest BCUT2D eigenvalue weighted by molar-refractivity contribution is 6.09. The fourth-order valence-corrected chi connectivity index (χ4v) is 1.83. The van der Waals surface area contributed by atoms with Gasteiger partial charge in [0.1, 0.15) is 5.82 Å². The lowest BCUT2D eigenvalue weighted by atomic mass is 10.1. The summed E-state index contributed by atoms with van der Waals surface area (Å²) in [5.74, 6) is -1.81. The van der Waals surface area contributed by atoms with E-state index in [1.165, 1.54) is 25.1 Å². The van der Waals surface area contributed by atoms with Gasteiger partial charge in [0.15, 0.2) is 0 Å². The van der Waals surface area contributed by atoms with E-state index in [0.717, 1.165) is 6.07 Å². The maximum absolute atomic E-state index is 13.6. The lowest BCUT2D eigenvalue weighted by Crippen LogP contribution is -2.18. The number of anilines is 2. The number of benzene rings is 2. The molecule has 5 nitrogen and oxygen atoms in total. The molecular formula is C15H14FN3O2. The van der Waals surface area contributed by atoms with Crippen LogP contribution in [0.25, 0.3) is 0 Å². The van der Waals surface area contributed by atoms with Gasteiger partial charge in [-0.25, -0.2) is 4.39 Å². The van der Waals surface area contributed by atoms with E-state index in [0.29, 0.717) is 0 Å². The minimum absolute atomic E-state index is 0.0647. The Morgan fingerprint density at radius 2 is 1.86 bits per heavy atom. The Hall–Kier alpha value is -2.89. The highest BCUT2D eigenvalue weighted by Gasteiger charge is 2.14. The van der Waals surface area contributed by atoms with Crippen molar-refractivity contribution in [2.45, 2.75) is 6.92 Å². The lowest BCUT2D eigenvalue weighted by molar-refractivity contribution is 0.100. The Kier molecular flexibility index (Phi) is 3.89. The van der Waals surface area contributed by atoms with Gasteiger partial charge in [-0.3, -0.25) is 9.59 Å². The van der Waals surface area contributed by atoms with Crippen LogP contribution in [0.15, 0.2) is 36.4 Å². The normalized spacial score (nSPS) is 10.2. The molecule has 2 rings (SSSR count). The predicted octanol–water partition coefficient (Wildman–Crippen LogP) is 2.07. The highest BCUT2D eigenvalue weighted by atomic mass is 19.1. The number of para-hydroxylation sites is 1. The van der Waals surface area contributed by atoms with Gasteiger partial charge in [-0.2, -0.15) is 0 Å². The van der Waals surface area contributed by atoms with Crippen LogP contribution in [0.4, 0.5) is 15.8 Å². The molecule has 0 unspecified atom stereocenters. The lowest BCUT2D eigenvalue weighted by Gasteiger charge is -2.10. The quantitative estimate of drug-likeness (QED) is 0.753. The fraction of sp³-hybridized carbons (Fsp3) is 0.0667. The minimum atomic E-state index is -0.666. The average Bonchev–Trinajstić information content (AvgIpc) is 2.44. The molecule has 2 aromatic carbocycles. The maximum atomic E-state index is 13.6. The summed E-state index contributed by atoms with van der Waals surface area (Å²) in [4.78, 5) is 23.4. The van der Waals surface area contributed by atoms with Crippen molar-refractivity contribution in [3.63, 3.8) is 0 Å². The van der Waals surface area contributed by atoms with Crippen LogP contribution in [0, 0.1) is 12.7 Å². The average molecular weight is 287 g/mol. The third-order valence-corrected chi connectivity index (χ3v) is 3.09. The van der Waals surface area contributed by atoms with Gasteiger partial charge in [-0.05, 0) is 31.2 Å². The van der Waals surface area contributed by atoms with Crippen LogP contribution in [0.5, 0.6) is 0 Å². The summed E-state index contributed by atoms with van der Waals surface area (Å²) in [5, 5.41) is 2.52. The Balaban J connectivity index is 2.33. The smallest absolute Gasteiger partial charge is 0.255 e. The molecule has 5 N–H and O–H groups in total. The SMILES string of the molecule is Cc1c(N)cc(C(=O)Nc2ccccc2C(N)=O)cc1F. The molecule has 0 aliphatic carbocycles. The monoisotopic (exact) mass is 287 g/mol. The zero-order chi connectivity index (χ0) is 15.6. The molecule has 0 aliphatic rings. The molecule has 0 atom stereocenters. The number of hydrogen-bond donors (Lipinski definition) is 3. The molecule has 0 saturated carbocycles. The molecule has 0 aliphatic heterocycles. The van der Waals surface area contributed by atoms with Crippen LogP contribution >= 0.6 is 0 Å². The number of carbonyl (C=O) groups excluding carboxylic acids is 2. The largest absolute Gasteiger partial charge is 0.398 e. The molecule has 21 heavy (non-hydrogen) atoms. The fourth-order valence-electron chi connectivity index (χ4n) is 1.83. The minimum Gasteiger partial charge on any atom is -0.398 e. The van der Waals surface area contributed by atoms with Crippen molar-refractivity contribution in [1.29, 1.82) is 0 Å². The molecule has 0 heterocycles. The van der Waals surface area contributed by atoms with E-state index in [4.69, 9.17) is 11.5 Å². The van der Waals surface area contributed by atoms with Gasteiger partial charge >= 0.3 is 0 Å². The number of hydrogen-bond acceptors (Lipinski definition) is 3. The summed E-state index contributed by atoms with van der Waals surface area (Å²) in [7, 11) is 0. The Labute approximate surface area is 120 Å². The van der Waals surface area contributed by atoms with Crippen molar-refractivity contribution in [2.75, 3.05) is 11.1 Å². The summed E-state index contributed by atoms with van der Waals surface area (Å²) < 4.78 is 13.6. The number of nitrogen functional groups attached to an aromatic ring is 1. The second-order valence-electron chi connectivity index (χ2n) is 4.54. The number of primary amides is 1. The van der Waals surface area contributed by atoms with Gasteiger partial charge in [-0.1, -0.05) is 12.1 Å². The van der Waals surface area contributed by atoms with Crippen molar-refractivity contribution < 1.29 is 14.0 Å². The van der Waals surface area contributed by atoms with Gasteiger partial charge in [0.05, 0.1) is 11.3 Å². The van der Waals surface area contributed by atoms with Gasteiger partial charge < -0.3 is 16.8 Å². The summed E-state index contributed by atoms with van der Waals surface area (Å²) in [6, 6.07) is 8.76. The Bertz CT molecular complexity index is 706. The molecule has 2 amide bonds.